The van der Waals surface area contributed by atoms with Crippen molar-refractivity contribution in [1.82, 2.24) is 0 Å². The molecule has 19 heteroatoms. The van der Waals surface area contributed by atoms with Crippen molar-refractivity contribution in [2.24, 2.45) is 11.8 Å². The van der Waals surface area contributed by atoms with Crippen LogP contribution in [0.25, 0.3) is 0 Å². The lowest BCUT2D eigenvalue weighted by molar-refractivity contribution is -0.161. The van der Waals surface area contributed by atoms with E-state index in [4.69, 9.17) is 37.0 Å². The molecule has 0 aliphatic rings. The minimum atomic E-state index is -4.96. The fourth-order valence-corrected chi connectivity index (χ4v) is 13.9. The Kier molecular flexibility index (Phi) is 70.3. The second kappa shape index (κ2) is 71.7. The summed E-state index contributed by atoms with van der Waals surface area (Å²) in [5.41, 5.74) is 0. The van der Waals surface area contributed by atoms with E-state index in [1.54, 1.807) is 0 Å². The minimum absolute atomic E-state index is 0.107. The zero-order valence-electron chi connectivity index (χ0n) is 64.8. The normalized spacial score (nSPS) is 13.9. The third-order valence-electron chi connectivity index (χ3n) is 18.7. The maximum absolute atomic E-state index is 13.1. The van der Waals surface area contributed by atoms with Gasteiger partial charge in [0.05, 0.1) is 26.4 Å². The Balaban J connectivity index is 5.22. The summed E-state index contributed by atoms with van der Waals surface area (Å²) in [7, 11) is -9.92. The number of phosphoric ester groups is 2. The number of aliphatic hydroxyl groups excluding tert-OH is 1. The Labute approximate surface area is 607 Å². The zero-order chi connectivity index (χ0) is 72.8. The van der Waals surface area contributed by atoms with Crippen molar-refractivity contribution in [3.8, 4) is 0 Å². The molecule has 0 heterocycles. The van der Waals surface area contributed by atoms with Gasteiger partial charge in [-0.3, -0.25) is 37.3 Å². The predicted octanol–water partition coefficient (Wildman–Crippen LogP) is 23.9. The molecule has 0 fully saturated rings. The fraction of sp³-hybridized carbons (Fsp3) is 0.950. The summed E-state index contributed by atoms with van der Waals surface area (Å²) in [6.07, 6.45) is 61.2. The van der Waals surface area contributed by atoms with Gasteiger partial charge in [0, 0.05) is 25.7 Å². The van der Waals surface area contributed by atoms with Gasteiger partial charge in [-0.2, -0.15) is 0 Å². The van der Waals surface area contributed by atoms with Gasteiger partial charge in [0.25, 0.3) is 0 Å². The molecule has 2 unspecified atom stereocenters. The Morgan fingerprint density at radius 1 is 0.273 bits per heavy atom. The maximum atomic E-state index is 13.1. The first-order chi connectivity index (χ1) is 47.9. The number of phosphoric acid groups is 2. The molecular weight excluding hydrogens is 1290 g/mol. The van der Waals surface area contributed by atoms with Crippen LogP contribution >= 0.6 is 15.6 Å². The number of carbonyl (C=O) groups is 4. The van der Waals surface area contributed by atoms with Crippen molar-refractivity contribution < 1.29 is 80.2 Å². The molecule has 0 rings (SSSR count). The summed E-state index contributed by atoms with van der Waals surface area (Å²) >= 11 is 0. The monoisotopic (exact) mass is 1450 g/mol. The first-order valence-electron chi connectivity index (χ1n) is 41.5. The van der Waals surface area contributed by atoms with Crippen molar-refractivity contribution in [2.75, 3.05) is 39.6 Å². The van der Waals surface area contributed by atoms with Crippen LogP contribution in [0.3, 0.4) is 0 Å². The largest absolute Gasteiger partial charge is 0.472 e. The molecule has 0 saturated heterocycles. The van der Waals surface area contributed by atoms with Crippen LogP contribution in [0.1, 0.15) is 420 Å². The Hall–Kier alpha value is -1.94. The number of rotatable bonds is 79. The second-order valence-corrected chi connectivity index (χ2v) is 32.7. The highest BCUT2D eigenvalue weighted by Gasteiger charge is 2.30. The van der Waals surface area contributed by atoms with Crippen molar-refractivity contribution in [1.29, 1.82) is 0 Å². The highest BCUT2D eigenvalue weighted by atomic mass is 31.2. The average molecular weight is 1450 g/mol. The van der Waals surface area contributed by atoms with Gasteiger partial charge in [0.2, 0.25) is 0 Å². The third-order valence-corrected chi connectivity index (χ3v) is 20.6. The van der Waals surface area contributed by atoms with Gasteiger partial charge in [-0.05, 0) is 37.5 Å². The van der Waals surface area contributed by atoms with Crippen molar-refractivity contribution in [3.63, 3.8) is 0 Å². The van der Waals surface area contributed by atoms with E-state index in [0.29, 0.717) is 31.6 Å². The standard InChI is InChI=1S/C80H156O17P2/c1-7-9-11-13-15-17-19-21-22-23-24-25-28-33-37-41-45-53-59-65-79(84)96-75(68-90-77(82)62-56-50-43-39-35-32-29-26-27-31-34-38-42-48-54-60-72(3)4)70-94-98(86,87)92-66-74(81)67-93-99(88,89)95-71-76(69-91-78(83)63-57-51-47-46-49-55-61-73(5)6)97-80(85)64-58-52-44-40-36-30-20-18-16-14-12-10-8-2/h72-76,81H,7-71H2,1-6H3,(H,86,87)(H,88,89)/t74-,75-,76-/m1/s1. The number of ether oxygens (including phenoxy) is 4. The molecule has 0 aliphatic heterocycles. The van der Waals surface area contributed by atoms with E-state index in [2.05, 4.69) is 41.5 Å². The number of unbranched alkanes of at least 4 members (excludes halogenated alkanes) is 49. The summed E-state index contributed by atoms with van der Waals surface area (Å²) < 4.78 is 68.6. The van der Waals surface area contributed by atoms with E-state index in [1.165, 1.54) is 231 Å². The first-order valence-corrected chi connectivity index (χ1v) is 44.5. The van der Waals surface area contributed by atoms with E-state index < -0.39 is 97.5 Å². The van der Waals surface area contributed by atoms with Gasteiger partial charge in [0.1, 0.15) is 19.3 Å². The first kappa shape index (κ1) is 97.1. The van der Waals surface area contributed by atoms with Gasteiger partial charge in [-0.25, -0.2) is 9.13 Å². The average Bonchev–Trinajstić information content (AvgIpc) is 1.04. The molecule has 588 valence electrons. The molecule has 0 aromatic carbocycles. The van der Waals surface area contributed by atoms with E-state index in [9.17, 15) is 43.2 Å². The summed E-state index contributed by atoms with van der Waals surface area (Å²) in [6.45, 7) is 9.57. The molecule has 0 saturated carbocycles. The zero-order valence-corrected chi connectivity index (χ0v) is 66.6. The number of carbonyl (C=O) groups excluding carboxylic acids is 4. The van der Waals surface area contributed by atoms with E-state index >= 15 is 0 Å². The molecule has 3 N–H and O–H groups in total. The number of hydrogen-bond donors (Lipinski definition) is 3. The maximum Gasteiger partial charge on any atom is 0.472 e. The summed E-state index contributed by atoms with van der Waals surface area (Å²) in [4.78, 5) is 72.9. The Bertz CT molecular complexity index is 1910. The van der Waals surface area contributed by atoms with Gasteiger partial charge in [-0.15, -0.1) is 0 Å². The molecule has 99 heavy (non-hydrogen) atoms. The molecule has 0 radical (unpaired) electrons. The molecule has 5 atom stereocenters. The smallest absolute Gasteiger partial charge is 0.462 e. The van der Waals surface area contributed by atoms with Gasteiger partial charge in [-0.1, -0.05) is 369 Å². The summed E-state index contributed by atoms with van der Waals surface area (Å²) in [5.74, 6) is -0.625. The van der Waals surface area contributed by atoms with Crippen LogP contribution in [0, 0.1) is 11.8 Å². The van der Waals surface area contributed by atoms with Crippen LogP contribution in [0.2, 0.25) is 0 Å². The highest BCUT2D eigenvalue weighted by molar-refractivity contribution is 7.47. The molecule has 0 spiro atoms. The van der Waals surface area contributed by atoms with Crippen LogP contribution < -0.4 is 0 Å². The lowest BCUT2D eigenvalue weighted by atomic mass is 10.0. The van der Waals surface area contributed by atoms with Gasteiger partial charge in [0.15, 0.2) is 12.2 Å². The van der Waals surface area contributed by atoms with Crippen LogP contribution in [0.15, 0.2) is 0 Å². The minimum Gasteiger partial charge on any atom is -0.462 e. The highest BCUT2D eigenvalue weighted by Crippen LogP contribution is 2.45. The van der Waals surface area contributed by atoms with Crippen LogP contribution in [-0.2, 0) is 65.4 Å². The molecule has 0 aliphatic carbocycles. The summed E-state index contributed by atoms with van der Waals surface area (Å²) in [5, 5.41) is 10.6. The molecule has 0 bridgehead atoms. The SMILES string of the molecule is CCCCCCCCCCCCCCCCCCCCCC(=O)O[C@H](COC(=O)CCCCCCCCCCCCCCCCCC(C)C)COP(=O)(O)OC[C@@H](O)COP(=O)(O)OC[C@@H](COC(=O)CCCCCCCCC(C)C)OC(=O)CCCCCCCCCCCCCCC. The molecule has 0 amide bonds. The van der Waals surface area contributed by atoms with E-state index in [1.807, 2.05) is 0 Å². The van der Waals surface area contributed by atoms with Crippen molar-refractivity contribution in [2.45, 2.75) is 439 Å². The summed E-state index contributed by atoms with van der Waals surface area (Å²) in [6, 6.07) is 0. The molecule has 0 aromatic rings. The van der Waals surface area contributed by atoms with Crippen LogP contribution in [0.4, 0.5) is 0 Å². The third kappa shape index (κ3) is 74.1. The Morgan fingerprint density at radius 2 is 0.465 bits per heavy atom. The molecular formula is C80H156O17P2. The van der Waals surface area contributed by atoms with Gasteiger partial charge < -0.3 is 33.8 Å². The topological polar surface area (TPSA) is 237 Å². The lowest BCUT2D eigenvalue weighted by Gasteiger charge is -2.21. The van der Waals surface area contributed by atoms with Crippen LogP contribution in [0.5, 0.6) is 0 Å². The number of hydrogen-bond acceptors (Lipinski definition) is 15. The van der Waals surface area contributed by atoms with E-state index in [-0.39, 0.29) is 25.7 Å². The molecule has 0 aromatic heterocycles. The van der Waals surface area contributed by atoms with Crippen molar-refractivity contribution in [3.05, 3.63) is 0 Å². The van der Waals surface area contributed by atoms with Crippen LogP contribution in [-0.4, -0.2) is 96.7 Å². The fourth-order valence-electron chi connectivity index (χ4n) is 12.4. The second-order valence-electron chi connectivity index (χ2n) is 29.8. The predicted molar refractivity (Wildman–Crippen MR) is 405 cm³/mol. The van der Waals surface area contributed by atoms with E-state index in [0.717, 1.165) is 102 Å². The van der Waals surface area contributed by atoms with Gasteiger partial charge >= 0.3 is 39.5 Å². The number of aliphatic hydroxyl groups is 1. The van der Waals surface area contributed by atoms with Crippen molar-refractivity contribution >= 4 is 39.5 Å². The Morgan fingerprint density at radius 3 is 0.687 bits per heavy atom. The quantitative estimate of drug-likeness (QED) is 0.0222. The molecule has 17 nitrogen and oxygen atoms in total. The lowest BCUT2D eigenvalue weighted by Crippen LogP contribution is -2.30. The number of esters is 4.